The molecular weight excluding hydrogens is 392 g/mol. The number of thiazole rings is 1. The predicted octanol–water partition coefficient (Wildman–Crippen LogP) is 3.23. The summed E-state index contributed by atoms with van der Waals surface area (Å²) in [5.41, 5.74) is 2.28. The molecular formula is C21H26N2O5S. The third-order valence-electron chi connectivity index (χ3n) is 4.64. The van der Waals surface area contributed by atoms with Crippen molar-refractivity contribution in [2.24, 2.45) is 5.92 Å². The second-order valence-corrected chi connectivity index (χ2v) is 7.48. The molecule has 29 heavy (non-hydrogen) atoms. The summed E-state index contributed by atoms with van der Waals surface area (Å²) in [6, 6.07) is 7.18. The number of carbonyl (C=O) groups excluding carboxylic acids is 3. The van der Waals surface area contributed by atoms with Gasteiger partial charge in [-0.1, -0.05) is 51.5 Å². The van der Waals surface area contributed by atoms with Crippen molar-refractivity contribution in [1.82, 2.24) is 10.3 Å². The van der Waals surface area contributed by atoms with E-state index in [1.165, 1.54) is 24.0 Å². The lowest BCUT2D eigenvalue weighted by atomic mass is 9.99. The molecule has 0 radical (unpaired) electrons. The summed E-state index contributed by atoms with van der Waals surface area (Å²) >= 11 is 1.33. The summed E-state index contributed by atoms with van der Waals surface area (Å²) < 4.78 is 9.76. The Morgan fingerprint density at radius 1 is 1.17 bits per heavy atom. The maximum atomic E-state index is 12.2. The largest absolute Gasteiger partial charge is 0.467 e. The highest BCUT2D eigenvalue weighted by Gasteiger charge is 2.27. The minimum Gasteiger partial charge on any atom is -0.467 e. The lowest BCUT2D eigenvalue weighted by Gasteiger charge is -2.21. The zero-order valence-corrected chi connectivity index (χ0v) is 17.9. The molecule has 2 atom stereocenters. The number of methoxy groups -OCH3 is 1. The van der Waals surface area contributed by atoms with E-state index in [4.69, 9.17) is 9.47 Å². The van der Waals surface area contributed by atoms with Crippen LogP contribution in [0.15, 0.2) is 29.6 Å². The molecule has 0 spiro atoms. The molecule has 0 aliphatic carbocycles. The van der Waals surface area contributed by atoms with Crippen LogP contribution in [0.1, 0.15) is 43.2 Å². The fourth-order valence-corrected chi connectivity index (χ4v) is 3.39. The van der Waals surface area contributed by atoms with Gasteiger partial charge >= 0.3 is 11.9 Å². The van der Waals surface area contributed by atoms with Crippen molar-refractivity contribution in [1.29, 1.82) is 0 Å². The van der Waals surface area contributed by atoms with Crippen molar-refractivity contribution >= 4 is 29.2 Å². The highest BCUT2D eigenvalue weighted by Crippen LogP contribution is 2.24. The van der Waals surface area contributed by atoms with E-state index >= 15 is 0 Å². The Kier molecular flexibility index (Phi) is 8.33. The Bertz CT molecular complexity index is 847. The number of nitrogens with one attached hydrogen (secondary N) is 1. The molecule has 0 saturated heterocycles. The zero-order chi connectivity index (χ0) is 21.4. The van der Waals surface area contributed by atoms with E-state index in [0.717, 1.165) is 12.0 Å². The zero-order valence-electron chi connectivity index (χ0n) is 17.1. The van der Waals surface area contributed by atoms with Gasteiger partial charge in [-0.15, -0.1) is 11.3 Å². The van der Waals surface area contributed by atoms with E-state index in [2.05, 4.69) is 17.2 Å². The molecule has 156 valence electrons. The average molecular weight is 419 g/mol. The minimum atomic E-state index is -0.784. The Hall–Kier alpha value is -2.74. The first-order valence-electron chi connectivity index (χ1n) is 9.48. The maximum Gasteiger partial charge on any atom is 0.358 e. The van der Waals surface area contributed by atoms with Gasteiger partial charge in [0.25, 0.3) is 5.91 Å². The lowest BCUT2D eigenvalue weighted by molar-refractivity contribution is -0.147. The van der Waals surface area contributed by atoms with Crippen molar-refractivity contribution in [3.63, 3.8) is 0 Å². The first kappa shape index (κ1) is 22.5. The lowest BCUT2D eigenvalue weighted by Crippen LogP contribution is -2.47. The molecule has 1 aromatic heterocycles. The number of hydrogen-bond donors (Lipinski definition) is 1. The SMILES string of the molecule is CCc1ccc(-c2nc(C(=O)OCC(=O)N[C@@H](C(=O)OC)[C@@H](C)CC)cs2)cc1. The summed E-state index contributed by atoms with van der Waals surface area (Å²) in [4.78, 5) is 40.4. The summed E-state index contributed by atoms with van der Waals surface area (Å²) in [6.45, 7) is 5.32. The Morgan fingerprint density at radius 2 is 1.86 bits per heavy atom. The van der Waals surface area contributed by atoms with Crippen molar-refractivity contribution in [3.8, 4) is 10.6 Å². The molecule has 0 unspecified atom stereocenters. The number of esters is 2. The molecule has 2 rings (SSSR count). The summed E-state index contributed by atoms with van der Waals surface area (Å²) in [5.74, 6) is -1.90. The minimum absolute atomic E-state index is 0.109. The van der Waals surface area contributed by atoms with E-state index in [9.17, 15) is 14.4 Å². The quantitative estimate of drug-likeness (QED) is 0.628. The normalized spacial score (nSPS) is 12.7. The van der Waals surface area contributed by atoms with Crippen molar-refractivity contribution in [2.45, 2.75) is 39.7 Å². The number of rotatable bonds is 9. The van der Waals surface area contributed by atoms with E-state index < -0.39 is 30.5 Å². The second kappa shape index (κ2) is 10.7. The van der Waals surface area contributed by atoms with Gasteiger partial charge in [0.1, 0.15) is 11.0 Å². The van der Waals surface area contributed by atoms with Crippen LogP contribution in [0.5, 0.6) is 0 Å². The molecule has 1 aromatic carbocycles. The van der Waals surface area contributed by atoms with Crippen LogP contribution in [-0.2, 0) is 25.5 Å². The number of aromatic nitrogens is 1. The Balaban J connectivity index is 1.94. The standard InChI is InChI=1S/C21H26N2O5S/c1-5-13(3)18(21(26)27-4)23-17(24)11-28-20(25)16-12-29-19(22-16)15-9-7-14(6-2)8-10-15/h7-10,12-13,18H,5-6,11H2,1-4H3,(H,23,24)/t13-,18+/m0/s1. The van der Waals surface area contributed by atoms with Crippen molar-refractivity contribution < 1.29 is 23.9 Å². The highest BCUT2D eigenvalue weighted by atomic mass is 32.1. The molecule has 0 saturated carbocycles. The number of ether oxygens (including phenoxy) is 2. The van der Waals surface area contributed by atoms with Crippen LogP contribution in [0.3, 0.4) is 0 Å². The molecule has 0 fully saturated rings. The molecule has 8 heteroatoms. The predicted molar refractivity (Wildman–Crippen MR) is 111 cm³/mol. The topological polar surface area (TPSA) is 94.6 Å². The van der Waals surface area contributed by atoms with Gasteiger partial charge in [-0.2, -0.15) is 0 Å². The van der Waals surface area contributed by atoms with Gasteiger partial charge in [-0.25, -0.2) is 14.6 Å². The molecule has 2 aromatic rings. The molecule has 0 bridgehead atoms. The van der Waals surface area contributed by atoms with Gasteiger partial charge in [0.15, 0.2) is 12.3 Å². The van der Waals surface area contributed by atoms with Crippen molar-refractivity contribution in [2.75, 3.05) is 13.7 Å². The molecule has 1 heterocycles. The Labute approximate surface area is 174 Å². The number of carbonyl (C=O) groups is 3. The third kappa shape index (κ3) is 6.12. The van der Waals surface area contributed by atoms with Crippen LogP contribution < -0.4 is 5.32 Å². The monoisotopic (exact) mass is 418 g/mol. The van der Waals surface area contributed by atoms with Gasteiger partial charge in [-0.05, 0) is 17.9 Å². The van der Waals surface area contributed by atoms with Gasteiger partial charge in [0.05, 0.1) is 7.11 Å². The van der Waals surface area contributed by atoms with Crippen LogP contribution in [0, 0.1) is 5.92 Å². The van der Waals surface area contributed by atoms with E-state index in [0.29, 0.717) is 11.4 Å². The number of hydrogen-bond acceptors (Lipinski definition) is 7. The van der Waals surface area contributed by atoms with Crippen LogP contribution >= 0.6 is 11.3 Å². The van der Waals surface area contributed by atoms with Gasteiger partial charge < -0.3 is 14.8 Å². The molecule has 0 aliphatic rings. The first-order valence-corrected chi connectivity index (χ1v) is 10.4. The fraction of sp³-hybridized carbons (Fsp3) is 0.429. The first-order chi connectivity index (χ1) is 13.9. The van der Waals surface area contributed by atoms with Crippen LogP contribution in [0.25, 0.3) is 10.6 Å². The van der Waals surface area contributed by atoms with Crippen molar-refractivity contribution in [3.05, 3.63) is 40.9 Å². The molecule has 1 amide bonds. The van der Waals surface area contributed by atoms with E-state index in [-0.39, 0.29) is 11.6 Å². The number of amides is 1. The molecule has 7 nitrogen and oxygen atoms in total. The molecule has 0 aliphatic heterocycles. The smallest absolute Gasteiger partial charge is 0.358 e. The van der Waals surface area contributed by atoms with Gasteiger partial charge in [0, 0.05) is 10.9 Å². The third-order valence-corrected chi connectivity index (χ3v) is 5.53. The second-order valence-electron chi connectivity index (χ2n) is 6.62. The van der Waals surface area contributed by atoms with Crippen LogP contribution in [0.2, 0.25) is 0 Å². The summed E-state index contributed by atoms with van der Waals surface area (Å²) in [5, 5.41) is 4.86. The maximum absolute atomic E-state index is 12.2. The van der Waals surface area contributed by atoms with Gasteiger partial charge in [0.2, 0.25) is 0 Å². The molecule has 1 N–H and O–H groups in total. The van der Waals surface area contributed by atoms with E-state index in [1.807, 2.05) is 38.1 Å². The summed E-state index contributed by atoms with van der Waals surface area (Å²) in [6.07, 6.45) is 1.63. The van der Waals surface area contributed by atoms with Crippen LogP contribution in [0.4, 0.5) is 0 Å². The number of nitrogens with zero attached hydrogens (tertiary/aromatic N) is 1. The summed E-state index contributed by atoms with van der Waals surface area (Å²) in [7, 11) is 1.26. The van der Waals surface area contributed by atoms with E-state index in [1.54, 1.807) is 5.38 Å². The van der Waals surface area contributed by atoms with Crippen LogP contribution in [-0.4, -0.2) is 42.6 Å². The Morgan fingerprint density at radius 3 is 2.45 bits per heavy atom. The fourth-order valence-electron chi connectivity index (χ4n) is 2.60. The highest BCUT2D eigenvalue weighted by molar-refractivity contribution is 7.13. The number of benzene rings is 1. The number of aryl methyl sites for hydroxylation is 1. The van der Waals surface area contributed by atoms with Gasteiger partial charge in [-0.3, -0.25) is 4.79 Å². The average Bonchev–Trinajstić information content (AvgIpc) is 3.25.